The maximum Gasteiger partial charge on any atom is 0.274 e. The van der Waals surface area contributed by atoms with Crippen molar-refractivity contribution in [3.05, 3.63) is 74.8 Å². The molecule has 202 valence electrons. The SMILES string of the molecule is C=Nc1n[nH]c(C(=O)Nc2cccc(C(=O)NCc3cc(=O)c(O)c4n3CCN(C(C)C)C4=O)c2)c1/C=C\C. The van der Waals surface area contributed by atoms with Gasteiger partial charge in [-0.2, -0.15) is 5.10 Å². The lowest BCUT2D eigenvalue weighted by molar-refractivity contribution is 0.0639. The Bertz CT molecular complexity index is 1550. The van der Waals surface area contributed by atoms with Crippen LogP contribution < -0.4 is 16.1 Å². The van der Waals surface area contributed by atoms with Gasteiger partial charge in [0, 0.05) is 42.1 Å². The van der Waals surface area contributed by atoms with Gasteiger partial charge in [0.1, 0.15) is 5.69 Å². The number of aromatic nitrogens is 3. The van der Waals surface area contributed by atoms with E-state index in [1.165, 1.54) is 12.1 Å². The molecule has 0 saturated heterocycles. The smallest absolute Gasteiger partial charge is 0.274 e. The first kappa shape index (κ1) is 27.0. The molecule has 12 heteroatoms. The van der Waals surface area contributed by atoms with E-state index in [2.05, 4.69) is 32.5 Å². The van der Waals surface area contributed by atoms with Gasteiger partial charge in [-0.15, -0.1) is 0 Å². The van der Waals surface area contributed by atoms with Crippen molar-refractivity contribution in [2.24, 2.45) is 4.99 Å². The molecule has 2 aromatic heterocycles. The molecule has 0 bridgehead atoms. The second-order valence-corrected chi connectivity index (χ2v) is 9.15. The van der Waals surface area contributed by atoms with Crippen molar-refractivity contribution < 1.29 is 19.5 Å². The third kappa shape index (κ3) is 5.35. The summed E-state index contributed by atoms with van der Waals surface area (Å²) in [7, 11) is 0. The molecule has 12 nitrogen and oxygen atoms in total. The number of nitrogens with zero attached hydrogens (tertiary/aromatic N) is 4. The average Bonchev–Trinajstić information content (AvgIpc) is 3.32. The summed E-state index contributed by atoms with van der Waals surface area (Å²) in [6.45, 7) is 9.69. The van der Waals surface area contributed by atoms with Crippen molar-refractivity contribution in [2.75, 3.05) is 11.9 Å². The second kappa shape index (κ2) is 11.2. The van der Waals surface area contributed by atoms with E-state index in [1.54, 1.807) is 46.7 Å². The number of benzene rings is 1. The van der Waals surface area contributed by atoms with E-state index in [0.717, 1.165) is 0 Å². The number of carbonyl (C=O) groups excluding carboxylic acids is 3. The van der Waals surface area contributed by atoms with Gasteiger partial charge >= 0.3 is 0 Å². The number of carbonyl (C=O) groups is 3. The van der Waals surface area contributed by atoms with Crippen molar-refractivity contribution in [3.8, 4) is 5.75 Å². The lowest BCUT2D eigenvalue weighted by Gasteiger charge is -2.34. The van der Waals surface area contributed by atoms with Crippen LogP contribution in [-0.2, 0) is 13.1 Å². The minimum Gasteiger partial charge on any atom is -0.503 e. The number of rotatable bonds is 8. The molecule has 1 aromatic carbocycles. The average molecular weight is 532 g/mol. The second-order valence-electron chi connectivity index (χ2n) is 9.15. The van der Waals surface area contributed by atoms with Crippen LogP contribution in [0, 0.1) is 0 Å². The highest BCUT2D eigenvalue weighted by Crippen LogP contribution is 2.24. The fourth-order valence-corrected chi connectivity index (χ4v) is 4.41. The molecule has 1 aliphatic heterocycles. The van der Waals surface area contributed by atoms with Gasteiger partial charge in [-0.3, -0.25) is 24.3 Å². The molecule has 3 aromatic rings. The predicted octanol–water partition coefficient (Wildman–Crippen LogP) is 2.69. The molecular formula is C27H29N7O5. The Balaban J connectivity index is 1.51. The van der Waals surface area contributed by atoms with E-state index in [1.807, 2.05) is 13.8 Å². The minimum atomic E-state index is -0.694. The number of aromatic amines is 1. The van der Waals surface area contributed by atoms with Crippen LogP contribution in [0.5, 0.6) is 5.75 Å². The summed E-state index contributed by atoms with van der Waals surface area (Å²) < 4.78 is 1.56. The maximum atomic E-state index is 13.0. The number of fused-ring (bicyclic) bond motifs is 1. The fraction of sp³-hybridized carbons (Fsp3) is 0.259. The van der Waals surface area contributed by atoms with Crippen LogP contribution >= 0.6 is 0 Å². The Morgan fingerprint density at radius 2 is 2.00 bits per heavy atom. The number of allylic oxidation sites excluding steroid dienone is 1. The van der Waals surface area contributed by atoms with Crippen LogP contribution in [0.2, 0.25) is 0 Å². The Kier molecular flexibility index (Phi) is 7.75. The van der Waals surface area contributed by atoms with E-state index in [4.69, 9.17) is 0 Å². The predicted molar refractivity (Wildman–Crippen MR) is 147 cm³/mol. The first-order valence-corrected chi connectivity index (χ1v) is 12.3. The van der Waals surface area contributed by atoms with Gasteiger partial charge in [0.25, 0.3) is 17.7 Å². The molecule has 4 rings (SSSR count). The van der Waals surface area contributed by atoms with Crippen LogP contribution in [0.15, 0.2) is 46.2 Å². The zero-order valence-corrected chi connectivity index (χ0v) is 21.8. The summed E-state index contributed by atoms with van der Waals surface area (Å²) in [4.78, 5) is 56.5. The molecule has 0 fully saturated rings. The Labute approximate surface area is 224 Å². The zero-order valence-electron chi connectivity index (χ0n) is 21.8. The van der Waals surface area contributed by atoms with Gasteiger partial charge in [0.05, 0.1) is 12.1 Å². The summed E-state index contributed by atoms with van der Waals surface area (Å²) in [5, 5.41) is 22.4. The summed E-state index contributed by atoms with van der Waals surface area (Å²) in [5.41, 5.74) is 0.938. The van der Waals surface area contributed by atoms with Gasteiger partial charge < -0.3 is 25.2 Å². The van der Waals surface area contributed by atoms with E-state index in [0.29, 0.717) is 35.9 Å². The lowest BCUT2D eigenvalue weighted by atomic mass is 10.1. The molecule has 0 aliphatic carbocycles. The van der Waals surface area contributed by atoms with Gasteiger partial charge in [-0.05, 0) is 45.7 Å². The molecular weight excluding hydrogens is 502 g/mol. The van der Waals surface area contributed by atoms with Crippen LogP contribution in [0.3, 0.4) is 0 Å². The number of aromatic hydroxyl groups is 1. The molecule has 1 aliphatic rings. The molecule has 0 spiro atoms. The van der Waals surface area contributed by atoms with E-state index < -0.39 is 28.9 Å². The zero-order chi connectivity index (χ0) is 28.3. The van der Waals surface area contributed by atoms with Gasteiger partial charge in [0.15, 0.2) is 17.3 Å². The molecule has 0 radical (unpaired) electrons. The molecule has 0 saturated carbocycles. The Hall–Kier alpha value is -5.00. The summed E-state index contributed by atoms with van der Waals surface area (Å²) in [5.74, 6) is -1.68. The van der Waals surface area contributed by atoms with Crippen molar-refractivity contribution in [1.29, 1.82) is 0 Å². The first-order valence-electron chi connectivity index (χ1n) is 12.3. The molecule has 4 N–H and O–H groups in total. The number of aliphatic imine (C=N–C) groups is 1. The lowest BCUT2D eigenvalue weighted by Crippen LogP contribution is -2.46. The summed E-state index contributed by atoms with van der Waals surface area (Å²) in [6.07, 6.45) is 3.43. The molecule has 0 atom stereocenters. The normalized spacial score (nSPS) is 13.0. The van der Waals surface area contributed by atoms with Gasteiger partial charge in [-0.25, -0.2) is 4.99 Å². The quantitative estimate of drug-likeness (QED) is 0.327. The number of pyridine rings is 1. The van der Waals surface area contributed by atoms with Crippen molar-refractivity contribution in [2.45, 2.75) is 39.9 Å². The standard InChI is InChI=1S/C27H29N7O5/c1-5-7-19-21(31-32-24(19)28-4)26(38)30-17-9-6-8-16(12-17)25(37)29-14-18-13-20(35)23(36)22-27(39)33(15(2)3)10-11-34(18)22/h5-9,12-13,15,36H,4,10-11,14H2,1-3H3,(H,29,37)(H,30,38)(H,31,32)/b7-5-. The number of nitrogens with one attached hydrogen (secondary N) is 3. The fourth-order valence-electron chi connectivity index (χ4n) is 4.41. The monoisotopic (exact) mass is 531 g/mol. The number of hydrogen-bond acceptors (Lipinski definition) is 7. The van der Waals surface area contributed by atoms with Crippen LogP contribution in [0.25, 0.3) is 6.08 Å². The highest BCUT2D eigenvalue weighted by Gasteiger charge is 2.31. The van der Waals surface area contributed by atoms with Crippen LogP contribution in [-0.4, -0.2) is 61.8 Å². The highest BCUT2D eigenvalue weighted by atomic mass is 16.3. The van der Waals surface area contributed by atoms with Crippen molar-refractivity contribution in [3.63, 3.8) is 0 Å². The van der Waals surface area contributed by atoms with Crippen molar-refractivity contribution >= 4 is 42.0 Å². The van der Waals surface area contributed by atoms with E-state index in [9.17, 15) is 24.3 Å². The van der Waals surface area contributed by atoms with Crippen LogP contribution in [0.4, 0.5) is 11.5 Å². The highest BCUT2D eigenvalue weighted by molar-refractivity contribution is 6.07. The Morgan fingerprint density at radius 1 is 1.23 bits per heavy atom. The van der Waals surface area contributed by atoms with E-state index >= 15 is 0 Å². The van der Waals surface area contributed by atoms with E-state index in [-0.39, 0.29) is 29.5 Å². The minimum absolute atomic E-state index is 0.0505. The first-order chi connectivity index (χ1) is 18.7. The number of H-pyrrole nitrogens is 1. The maximum absolute atomic E-state index is 13.0. The Morgan fingerprint density at radius 3 is 2.69 bits per heavy atom. The molecule has 3 heterocycles. The topological polar surface area (TPSA) is 162 Å². The summed E-state index contributed by atoms with van der Waals surface area (Å²) >= 11 is 0. The number of anilines is 1. The number of hydrogen-bond donors (Lipinski definition) is 4. The van der Waals surface area contributed by atoms with Crippen LogP contribution in [0.1, 0.15) is 63.4 Å². The van der Waals surface area contributed by atoms with Crippen molar-refractivity contribution in [1.82, 2.24) is 25.0 Å². The summed E-state index contributed by atoms with van der Waals surface area (Å²) in [6, 6.07) is 7.46. The third-order valence-corrected chi connectivity index (χ3v) is 6.33. The molecule has 39 heavy (non-hydrogen) atoms. The largest absolute Gasteiger partial charge is 0.503 e. The number of amides is 3. The third-order valence-electron chi connectivity index (χ3n) is 6.33. The van der Waals surface area contributed by atoms with Gasteiger partial charge in [0.2, 0.25) is 5.43 Å². The molecule has 3 amide bonds. The van der Waals surface area contributed by atoms with Gasteiger partial charge in [-0.1, -0.05) is 18.2 Å². The molecule has 0 unspecified atom stereocenters.